The first kappa shape index (κ1) is 26.7. The lowest BCUT2D eigenvalue weighted by Gasteiger charge is -2.25. The summed E-state index contributed by atoms with van der Waals surface area (Å²) in [7, 11) is 0. The van der Waals surface area contributed by atoms with Gasteiger partial charge in [0.15, 0.2) is 0 Å². The number of benzene rings is 2. The SMILES string of the molecule is CC/C(C)=C/N/C=C(\C)C(c1cccc(C(=O)NCC2CCC(O)CC2)c1)c1cccc(C)c1C. The highest BCUT2D eigenvalue weighted by molar-refractivity contribution is 5.94. The van der Waals surface area contributed by atoms with Gasteiger partial charge in [-0.2, -0.15) is 0 Å². The summed E-state index contributed by atoms with van der Waals surface area (Å²) in [5.41, 5.74) is 8.09. The molecule has 4 nitrogen and oxygen atoms in total. The molecule has 188 valence electrons. The van der Waals surface area contributed by atoms with E-state index in [1.54, 1.807) is 0 Å². The highest BCUT2D eigenvalue weighted by atomic mass is 16.3. The smallest absolute Gasteiger partial charge is 0.251 e. The van der Waals surface area contributed by atoms with Gasteiger partial charge in [-0.25, -0.2) is 0 Å². The van der Waals surface area contributed by atoms with E-state index in [1.807, 2.05) is 18.2 Å². The number of allylic oxidation sites excluding steroid dienone is 2. The minimum atomic E-state index is -0.173. The van der Waals surface area contributed by atoms with Crippen molar-refractivity contribution >= 4 is 5.91 Å². The van der Waals surface area contributed by atoms with E-state index in [4.69, 9.17) is 0 Å². The highest BCUT2D eigenvalue weighted by Gasteiger charge is 2.22. The molecule has 2 aromatic rings. The first-order valence-electron chi connectivity index (χ1n) is 13.0. The van der Waals surface area contributed by atoms with E-state index in [0.29, 0.717) is 18.0 Å². The third kappa shape index (κ3) is 7.32. The van der Waals surface area contributed by atoms with Crippen molar-refractivity contribution in [2.24, 2.45) is 5.92 Å². The Morgan fingerprint density at radius 3 is 2.49 bits per heavy atom. The molecule has 0 saturated heterocycles. The Morgan fingerprint density at radius 2 is 1.77 bits per heavy atom. The van der Waals surface area contributed by atoms with E-state index in [1.165, 1.54) is 27.8 Å². The molecule has 1 unspecified atom stereocenters. The van der Waals surface area contributed by atoms with Crippen molar-refractivity contribution in [3.8, 4) is 0 Å². The average molecular weight is 475 g/mol. The van der Waals surface area contributed by atoms with Gasteiger partial charge in [0.05, 0.1) is 6.10 Å². The van der Waals surface area contributed by atoms with Gasteiger partial charge in [-0.05, 0) is 112 Å². The molecule has 1 fully saturated rings. The molecular formula is C31H42N2O2. The zero-order chi connectivity index (χ0) is 25.4. The summed E-state index contributed by atoms with van der Waals surface area (Å²) in [5, 5.41) is 16.2. The first-order valence-corrected chi connectivity index (χ1v) is 13.0. The number of nitrogens with one attached hydrogen (secondary N) is 2. The van der Waals surface area contributed by atoms with E-state index in [9.17, 15) is 9.90 Å². The molecule has 1 aliphatic carbocycles. The fraction of sp³-hybridized carbons (Fsp3) is 0.452. The van der Waals surface area contributed by atoms with Crippen LogP contribution in [-0.4, -0.2) is 23.7 Å². The number of carbonyl (C=O) groups is 1. The van der Waals surface area contributed by atoms with Gasteiger partial charge in [0.1, 0.15) is 0 Å². The Kier molecular flexibility index (Phi) is 9.73. The molecule has 0 aliphatic heterocycles. The fourth-order valence-electron chi connectivity index (χ4n) is 4.82. The number of carbonyl (C=O) groups excluding carboxylic acids is 1. The fourth-order valence-corrected chi connectivity index (χ4v) is 4.82. The third-order valence-electron chi connectivity index (χ3n) is 7.46. The van der Waals surface area contributed by atoms with Crippen molar-refractivity contribution in [1.29, 1.82) is 0 Å². The summed E-state index contributed by atoms with van der Waals surface area (Å²) in [6.45, 7) is 11.4. The van der Waals surface area contributed by atoms with Crippen LogP contribution in [0.3, 0.4) is 0 Å². The summed E-state index contributed by atoms with van der Waals surface area (Å²) >= 11 is 0. The summed E-state index contributed by atoms with van der Waals surface area (Å²) in [4.78, 5) is 13.0. The lowest BCUT2D eigenvalue weighted by molar-refractivity contribution is 0.0910. The van der Waals surface area contributed by atoms with Crippen LogP contribution in [-0.2, 0) is 0 Å². The minimum Gasteiger partial charge on any atom is -0.393 e. The average Bonchev–Trinajstić information content (AvgIpc) is 2.86. The third-order valence-corrected chi connectivity index (χ3v) is 7.46. The number of hydrogen-bond acceptors (Lipinski definition) is 3. The van der Waals surface area contributed by atoms with Crippen molar-refractivity contribution in [1.82, 2.24) is 10.6 Å². The topological polar surface area (TPSA) is 61.4 Å². The molecule has 1 saturated carbocycles. The van der Waals surface area contributed by atoms with Crippen LogP contribution >= 0.6 is 0 Å². The lowest BCUT2D eigenvalue weighted by atomic mass is 9.82. The molecule has 0 spiro atoms. The van der Waals surface area contributed by atoms with Crippen molar-refractivity contribution < 1.29 is 9.90 Å². The number of aliphatic hydroxyl groups is 1. The van der Waals surface area contributed by atoms with Crippen molar-refractivity contribution in [3.05, 3.63) is 93.8 Å². The first-order chi connectivity index (χ1) is 16.8. The molecule has 0 radical (unpaired) electrons. The van der Waals surface area contributed by atoms with Crippen LogP contribution in [0.25, 0.3) is 0 Å². The van der Waals surface area contributed by atoms with Crippen LogP contribution in [0.15, 0.2) is 66.0 Å². The van der Waals surface area contributed by atoms with Crippen LogP contribution in [0, 0.1) is 19.8 Å². The van der Waals surface area contributed by atoms with Gasteiger partial charge < -0.3 is 15.7 Å². The molecule has 4 heteroatoms. The van der Waals surface area contributed by atoms with E-state index < -0.39 is 0 Å². The molecule has 3 N–H and O–H groups in total. The second-order valence-electron chi connectivity index (χ2n) is 10.1. The quantitative estimate of drug-likeness (QED) is 0.387. The normalized spacial score (nSPS) is 19.8. The van der Waals surface area contributed by atoms with Crippen LogP contribution in [0.2, 0.25) is 0 Å². The number of amides is 1. The number of aliphatic hydroxyl groups excluding tert-OH is 1. The van der Waals surface area contributed by atoms with Crippen molar-refractivity contribution in [3.63, 3.8) is 0 Å². The van der Waals surface area contributed by atoms with Crippen LogP contribution < -0.4 is 10.6 Å². The van der Waals surface area contributed by atoms with Gasteiger partial charge in [-0.3, -0.25) is 4.79 Å². The zero-order valence-electron chi connectivity index (χ0n) is 22.0. The van der Waals surface area contributed by atoms with E-state index in [0.717, 1.165) is 37.7 Å². The van der Waals surface area contributed by atoms with Gasteiger partial charge in [0.25, 0.3) is 5.91 Å². The van der Waals surface area contributed by atoms with Crippen LogP contribution in [0.1, 0.15) is 91.4 Å². The largest absolute Gasteiger partial charge is 0.393 e. The molecule has 1 amide bonds. The standard InChI is InChI=1S/C31H42N2O2/c1-6-21(2)18-32-19-23(4)30(29-12-7-9-22(3)24(29)5)26-10-8-11-27(17-26)31(35)33-20-25-13-15-28(34)16-14-25/h7-12,17-19,25,28,30,32,34H,6,13-16,20H2,1-5H3,(H,33,35)/b21-18+,23-19+. The predicted octanol–water partition coefficient (Wildman–Crippen LogP) is 6.52. The summed E-state index contributed by atoms with van der Waals surface area (Å²) in [6, 6.07) is 14.5. The zero-order valence-corrected chi connectivity index (χ0v) is 22.0. The summed E-state index contributed by atoms with van der Waals surface area (Å²) < 4.78 is 0. The maximum absolute atomic E-state index is 13.0. The molecule has 1 atom stereocenters. The lowest BCUT2D eigenvalue weighted by Crippen LogP contribution is -2.32. The summed E-state index contributed by atoms with van der Waals surface area (Å²) in [5.74, 6) is 0.466. The molecule has 2 aromatic carbocycles. The maximum atomic E-state index is 13.0. The van der Waals surface area contributed by atoms with Crippen molar-refractivity contribution in [2.75, 3.05) is 6.54 Å². The molecule has 0 heterocycles. The van der Waals surface area contributed by atoms with Crippen LogP contribution in [0.4, 0.5) is 0 Å². The summed E-state index contributed by atoms with van der Waals surface area (Å²) in [6.07, 6.45) is 8.58. The molecule has 35 heavy (non-hydrogen) atoms. The van der Waals surface area contributed by atoms with Crippen LogP contribution in [0.5, 0.6) is 0 Å². The Hall–Kier alpha value is -2.85. The maximum Gasteiger partial charge on any atom is 0.251 e. The minimum absolute atomic E-state index is 0.0288. The molecule has 0 aromatic heterocycles. The Morgan fingerprint density at radius 1 is 1.06 bits per heavy atom. The molecular weight excluding hydrogens is 432 g/mol. The predicted molar refractivity (Wildman–Crippen MR) is 145 cm³/mol. The monoisotopic (exact) mass is 474 g/mol. The van der Waals surface area contributed by atoms with Gasteiger partial charge in [-0.1, -0.05) is 42.8 Å². The number of aryl methyl sites for hydroxylation is 1. The highest BCUT2D eigenvalue weighted by Crippen LogP contribution is 2.35. The number of hydrogen-bond donors (Lipinski definition) is 3. The van der Waals surface area contributed by atoms with E-state index >= 15 is 0 Å². The Balaban J connectivity index is 1.86. The molecule has 0 bridgehead atoms. The molecule has 1 aliphatic rings. The number of rotatable bonds is 9. The van der Waals surface area contributed by atoms with Gasteiger partial charge in [-0.15, -0.1) is 0 Å². The van der Waals surface area contributed by atoms with Gasteiger partial charge in [0, 0.05) is 24.2 Å². The second-order valence-corrected chi connectivity index (χ2v) is 10.1. The van der Waals surface area contributed by atoms with E-state index in [2.05, 4.69) is 81.9 Å². The van der Waals surface area contributed by atoms with E-state index in [-0.39, 0.29) is 17.9 Å². The Labute approximate surface area is 211 Å². The van der Waals surface area contributed by atoms with Gasteiger partial charge in [0.2, 0.25) is 0 Å². The molecule has 3 rings (SSSR count). The Bertz CT molecular complexity index is 1060. The van der Waals surface area contributed by atoms with Gasteiger partial charge >= 0.3 is 0 Å². The second kappa shape index (κ2) is 12.7. The van der Waals surface area contributed by atoms with Crippen molar-refractivity contribution in [2.45, 2.75) is 78.7 Å².